The van der Waals surface area contributed by atoms with E-state index in [2.05, 4.69) is 13.8 Å². The standard InChI is InChI=1S/C13H26N2O2S2/c1-4-12(13(14)18)19(16,17)15-8-5-6-11(7-9-15)10(2)3/h10-12H,4-9H2,1-3H3,(H2,14,18). The first-order valence-electron chi connectivity index (χ1n) is 7.09. The van der Waals surface area contributed by atoms with Gasteiger partial charge < -0.3 is 5.73 Å². The number of hydrogen-bond donors (Lipinski definition) is 1. The summed E-state index contributed by atoms with van der Waals surface area (Å²) in [5.74, 6) is 1.23. The van der Waals surface area contributed by atoms with Crippen LogP contribution in [0.2, 0.25) is 0 Å². The fourth-order valence-electron chi connectivity index (χ4n) is 2.76. The molecule has 0 radical (unpaired) electrons. The first-order valence-corrected chi connectivity index (χ1v) is 9.00. The van der Waals surface area contributed by atoms with Crippen LogP contribution in [-0.4, -0.2) is 36.1 Å². The van der Waals surface area contributed by atoms with E-state index in [0.717, 1.165) is 19.3 Å². The molecule has 0 amide bonds. The van der Waals surface area contributed by atoms with Gasteiger partial charge in [-0.3, -0.25) is 0 Å². The van der Waals surface area contributed by atoms with Crippen molar-refractivity contribution in [2.45, 2.75) is 51.7 Å². The average molecular weight is 306 g/mol. The number of sulfonamides is 1. The lowest BCUT2D eigenvalue weighted by Gasteiger charge is -2.25. The molecule has 1 saturated heterocycles. The van der Waals surface area contributed by atoms with E-state index in [9.17, 15) is 8.42 Å². The Hall–Kier alpha value is -0.200. The van der Waals surface area contributed by atoms with Crippen molar-refractivity contribution in [2.75, 3.05) is 13.1 Å². The van der Waals surface area contributed by atoms with Crippen molar-refractivity contribution in [3.63, 3.8) is 0 Å². The molecular formula is C13H26N2O2S2. The van der Waals surface area contributed by atoms with E-state index in [0.29, 0.717) is 31.3 Å². The summed E-state index contributed by atoms with van der Waals surface area (Å²) in [6.07, 6.45) is 3.41. The summed E-state index contributed by atoms with van der Waals surface area (Å²) >= 11 is 4.90. The van der Waals surface area contributed by atoms with Crippen LogP contribution in [0.1, 0.15) is 46.5 Å². The third-order valence-electron chi connectivity index (χ3n) is 4.08. The molecule has 0 aromatic rings. The molecule has 1 aliphatic rings. The van der Waals surface area contributed by atoms with Crippen molar-refractivity contribution >= 4 is 27.2 Å². The van der Waals surface area contributed by atoms with Crippen LogP contribution in [0.4, 0.5) is 0 Å². The van der Waals surface area contributed by atoms with Crippen molar-refractivity contribution < 1.29 is 8.42 Å². The van der Waals surface area contributed by atoms with Crippen LogP contribution in [-0.2, 0) is 10.0 Å². The van der Waals surface area contributed by atoms with Gasteiger partial charge in [0.25, 0.3) is 0 Å². The number of hydrogen-bond acceptors (Lipinski definition) is 3. The summed E-state index contributed by atoms with van der Waals surface area (Å²) in [4.78, 5) is 0.0900. The highest BCUT2D eigenvalue weighted by molar-refractivity contribution is 7.92. The smallest absolute Gasteiger partial charge is 0.223 e. The second kappa shape index (κ2) is 6.99. The number of nitrogens with two attached hydrogens (primary N) is 1. The Bertz CT molecular complexity index is 407. The Balaban J connectivity index is 2.82. The molecule has 1 aliphatic heterocycles. The minimum atomic E-state index is -3.38. The average Bonchev–Trinajstić information content (AvgIpc) is 2.54. The van der Waals surface area contributed by atoms with Gasteiger partial charge in [0.2, 0.25) is 10.0 Å². The molecule has 2 atom stereocenters. The van der Waals surface area contributed by atoms with Gasteiger partial charge in [0.05, 0.1) is 4.99 Å². The van der Waals surface area contributed by atoms with Crippen molar-refractivity contribution in [1.82, 2.24) is 4.31 Å². The van der Waals surface area contributed by atoms with Gasteiger partial charge in [0, 0.05) is 13.1 Å². The quantitative estimate of drug-likeness (QED) is 0.790. The Labute approximate surface area is 122 Å². The summed E-state index contributed by atoms with van der Waals surface area (Å²) < 4.78 is 26.7. The molecular weight excluding hydrogens is 280 g/mol. The van der Waals surface area contributed by atoms with E-state index in [4.69, 9.17) is 18.0 Å². The van der Waals surface area contributed by atoms with Crippen LogP contribution < -0.4 is 5.73 Å². The number of thiocarbonyl (C=S) groups is 1. The van der Waals surface area contributed by atoms with Gasteiger partial charge in [-0.1, -0.05) is 33.0 Å². The molecule has 0 aromatic carbocycles. The van der Waals surface area contributed by atoms with Crippen molar-refractivity contribution in [1.29, 1.82) is 0 Å². The van der Waals surface area contributed by atoms with E-state index in [1.807, 2.05) is 6.92 Å². The maximum Gasteiger partial charge on any atom is 0.223 e. The molecule has 0 aromatic heterocycles. The number of rotatable bonds is 5. The lowest BCUT2D eigenvalue weighted by Crippen LogP contribution is -2.44. The largest absolute Gasteiger partial charge is 0.392 e. The van der Waals surface area contributed by atoms with Crippen LogP contribution in [0.3, 0.4) is 0 Å². The molecule has 112 valence electrons. The molecule has 1 rings (SSSR count). The van der Waals surface area contributed by atoms with E-state index in [-0.39, 0.29) is 4.99 Å². The lowest BCUT2D eigenvalue weighted by molar-refractivity contribution is 0.340. The molecule has 1 heterocycles. The summed E-state index contributed by atoms with van der Waals surface area (Å²) in [5.41, 5.74) is 5.58. The SMILES string of the molecule is CCC(C(N)=S)S(=O)(=O)N1CCCC(C(C)C)CC1. The predicted molar refractivity (Wildman–Crippen MR) is 83.5 cm³/mol. The first-order chi connectivity index (χ1) is 8.80. The normalized spacial score (nSPS) is 24.1. The molecule has 6 heteroatoms. The Morgan fingerprint density at radius 3 is 2.47 bits per heavy atom. The third kappa shape index (κ3) is 4.13. The zero-order chi connectivity index (χ0) is 14.6. The molecule has 2 unspecified atom stereocenters. The maximum atomic E-state index is 12.5. The number of nitrogens with zero attached hydrogens (tertiary/aromatic N) is 1. The monoisotopic (exact) mass is 306 g/mol. The van der Waals surface area contributed by atoms with Crippen LogP contribution in [0, 0.1) is 11.8 Å². The van der Waals surface area contributed by atoms with Gasteiger partial charge in [0.1, 0.15) is 5.25 Å². The summed E-state index contributed by atoms with van der Waals surface area (Å²) in [7, 11) is -3.38. The Kier molecular flexibility index (Phi) is 6.20. The van der Waals surface area contributed by atoms with Gasteiger partial charge in [-0.15, -0.1) is 0 Å². The predicted octanol–water partition coefficient (Wildman–Crippen LogP) is 2.14. The molecule has 1 fully saturated rings. The van der Waals surface area contributed by atoms with Gasteiger partial charge >= 0.3 is 0 Å². The van der Waals surface area contributed by atoms with E-state index in [1.165, 1.54) is 0 Å². The van der Waals surface area contributed by atoms with Crippen LogP contribution in [0.15, 0.2) is 0 Å². The summed E-state index contributed by atoms with van der Waals surface area (Å²) in [6.45, 7) is 7.43. The molecule has 0 spiro atoms. The lowest BCUT2D eigenvalue weighted by atomic mass is 9.89. The van der Waals surface area contributed by atoms with Gasteiger partial charge in [-0.05, 0) is 37.5 Å². The van der Waals surface area contributed by atoms with Gasteiger partial charge in [-0.2, -0.15) is 0 Å². The second-order valence-corrected chi connectivity index (χ2v) is 8.27. The van der Waals surface area contributed by atoms with E-state index < -0.39 is 15.3 Å². The highest BCUT2D eigenvalue weighted by Gasteiger charge is 2.34. The van der Waals surface area contributed by atoms with Crippen molar-refractivity contribution in [3.8, 4) is 0 Å². The topological polar surface area (TPSA) is 63.4 Å². The Morgan fingerprint density at radius 2 is 2.00 bits per heavy atom. The highest BCUT2D eigenvalue weighted by atomic mass is 32.2. The van der Waals surface area contributed by atoms with Crippen LogP contribution in [0.25, 0.3) is 0 Å². The summed E-state index contributed by atoms with van der Waals surface area (Å²) in [5, 5.41) is -0.710. The minimum absolute atomic E-state index is 0.0900. The van der Waals surface area contributed by atoms with Crippen molar-refractivity contribution in [2.24, 2.45) is 17.6 Å². The van der Waals surface area contributed by atoms with Gasteiger partial charge in [0.15, 0.2) is 0 Å². The van der Waals surface area contributed by atoms with E-state index >= 15 is 0 Å². The molecule has 19 heavy (non-hydrogen) atoms. The fraction of sp³-hybridized carbons (Fsp3) is 0.923. The maximum absolute atomic E-state index is 12.5. The molecule has 0 saturated carbocycles. The Morgan fingerprint density at radius 1 is 1.37 bits per heavy atom. The molecule has 0 bridgehead atoms. The fourth-order valence-corrected chi connectivity index (χ4v) is 5.11. The first kappa shape index (κ1) is 16.9. The molecule has 0 aliphatic carbocycles. The van der Waals surface area contributed by atoms with Crippen molar-refractivity contribution in [3.05, 3.63) is 0 Å². The van der Waals surface area contributed by atoms with E-state index in [1.54, 1.807) is 4.31 Å². The minimum Gasteiger partial charge on any atom is -0.392 e. The second-order valence-electron chi connectivity index (χ2n) is 5.68. The van der Waals surface area contributed by atoms with Crippen LogP contribution >= 0.6 is 12.2 Å². The zero-order valence-electron chi connectivity index (χ0n) is 12.1. The highest BCUT2D eigenvalue weighted by Crippen LogP contribution is 2.27. The molecule has 4 nitrogen and oxygen atoms in total. The summed E-state index contributed by atoms with van der Waals surface area (Å²) in [6, 6.07) is 0. The molecule has 2 N–H and O–H groups in total. The third-order valence-corrected chi connectivity index (χ3v) is 6.91. The zero-order valence-corrected chi connectivity index (χ0v) is 13.8. The van der Waals surface area contributed by atoms with Gasteiger partial charge in [-0.25, -0.2) is 12.7 Å². The van der Waals surface area contributed by atoms with Crippen LogP contribution in [0.5, 0.6) is 0 Å².